The van der Waals surface area contributed by atoms with Crippen LogP contribution in [0.5, 0.6) is 11.5 Å². The van der Waals surface area contributed by atoms with Gasteiger partial charge in [-0.25, -0.2) is 0 Å². The van der Waals surface area contributed by atoms with Crippen LogP contribution in [0.2, 0.25) is 0 Å². The van der Waals surface area contributed by atoms with Crippen LogP contribution in [0.4, 0.5) is 0 Å². The van der Waals surface area contributed by atoms with Crippen molar-refractivity contribution in [3.8, 4) is 11.5 Å². The molecule has 0 amide bonds. The second-order valence-electron chi connectivity index (χ2n) is 4.56. The summed E-state index contributed by atoms with van der Waals surface area (Å²) in [6.07, 6.45) is 0. The minimum atomic E-state index is 0.259. The van der Waals surface area contributed by atoms with Gasteiger partial charge in [-0.15, -0.1) is 0 Å². The Balaban J connectivity index is 1.94. The molecule has 0 saturated carbocycles. The first-order valence-electron chi connectivity index (χ1n) is 6.44. The van der Waals surface area contributed by atoms with Gasteiger partial charge in [0.2, 0.25) is 6.79 Å². The van der Waals surface area contributed by atoms with Crippen LogP contribution >= 0.6 is 0 Å². The molecule has 1 aromatic rings. The van der Waals surface area contributed by atoms with Crippen molar-refractivity contribution in [3.63, 3.8) is 0 Å². The number of benzene rings is 1. The van der Waals surface area contributed by atoms with Gasteiger partial charge < -0.3 is 19.5 Å². The van der Waals surface area contributed by atoms with Gasteiger partial charge in [0.15, 0.2) is 11.5 Å². The minimum absolute atomic E-state index is 0.259. The lowest BCUT2D eigenvalue weighted by atomic mass is 10.1. The van der Waals surface area contributed by atoms with E-state index >= 15 is 0 Å². The van der Waals surface area contributed by atoms with Gasteiger partial charge in [-0.2, -0.15) is 0 Å². The second-order valence-corrected chi connectivity index (χ2v) is 4.56. The highest BCUT2D eigenvalue weighted by atomic mass is 16.7. The summed E-state index contributed by atoms with van der Waals surface area (Å²) in [5.74, 6) is 1.66. The van der Waals surface area contributed by atoms with Gasteiger partial charge >= 0.3 is 0 Å². The van der Waals surface area contributed by atoms with Crippen molar-refractivity contribution in [3.05, 3.63) is 23.8 Å². The third-order valence-electron chi connectivity index (χ3n) is 3.00. The zero-order chi connectivity index (χ0) is 13.0. The SMILES string of the molecule is CCOCC(C)NC(C)c1ccc2c(c1)OCO2. The summed E-state index contributed by atoms with van der Waals surface area (Å²) in [5, 5.41) is 3.50. The van der Waals surface area contributed by atoms with E-state index in [4.69, 9.17) is 14.2 Å². The molecule has 18 heavy (non-hydrogen) atoms. The first kappa shape index (κ1) is 13.2. The molecule has 2 unspecified atom stereocenters. The van der Waals surface area contributed by atoms with E-state index in [9.17, 15) is 0 Å². The molecule has 1 heterocycles. The molecule has 1 aliphatic rings. The maximum Gasteiger partial charge on any atom is 0.231 e. The maximum atomic E-state index is 5.40. The van der Waals surface area contributed by atoms with Crippen molar-refractivity contribution in [1.82, 2.24) is 5.32 Å². The fraction of sp³-hybridized carbons (Fsp3) is 0.571. The average Bonchev–Trinajstić information content (AvgIpc) is 2.83. The molecule has 0 bridgehead atoms. The predicted octanol–water partition coefficient (Wildman–Crippen LogP) is 2.49. The van der Waals surface area contributed by atoms with E-state index in [0.717, 1.165) is 24.7 Å². The van der Waals surface area contributed by atoms with Crippen molar-refractivity contribution in [2.24, 2.45) is 0 Å². The lowest BCUT2D eigenvalue weighted by Gasteiger charge is -2.20. The summed E-state index contributed by atoms with van der Waals surface area (Å²) >= 11 is 0. The van der Waals surface area contributed by atoms with Crippen molar-refractivity contribution in [2.45, 2.75) is 32.9 Å². The highest BCUT2D eigenvalue weighted by Crippen LogP contribution is 2.34. The van der Waals surface area contributed by atoms with Gasteiger partial charge in [0.05, 0.1) is 6.61 Å². The lowest BCUT2D eigenvalue weighted by molar-refractivity contribution is 0.124. The summed E-state index contributed by atoms with van der Waals surface area (Å²) in [6, 6.07) is 6.65. The fourth-order valence-corrected chi connectivity index (χ4v) is 2.05. The van der Waals surface area contributed by atoms with Crippen molar-refractivity contribution < 1.29 is 14.2 Å². The third-order valence-corrected chi connectivity index (χ3v) is 3.00. The van der Waals surface area contributed by atoms with E-state index in [2.05, 4.69) is 25.2 Å². The van der Waals surface area contributed by atoms with Gasteiger partial charge in [-0.1, -0.05) is 6.07 Å². The molecular formula is C14H21NO3. The summed E-state index contributed by atoms with van der Waals surface area (Å²) < 4.78 is 16.1. The Morgan fingerprint density at radius 3 is 2.83 bits per heavy atom. The van der Waals surface area contributed by atoms with Crippen LogP contribution < -0.4 is 14.8 Å². The molecule has 2 atom stereocenters. The van der Waals surface area contributed by atoms with Crippen LogP contribution in [0.1, 0.15) is 32.4 Å². The Morgan fingerprint density at radius 2 is 2.06 bits per heavy atom. The quantitative estimate of drug-likeness (QED) is 0.843. The number of ether oxygens (including phenoxy) is 3. The lowest BCUT2D eigenvalue weighted by Crippen LogP contribution is -2.32. The number of rotatable bonds is 6. The molecule has 0 radical (unpaired) electrons. The largest absolute Gasteiger partial charge is 0.454 e. The molecule has 0 aromatic heterocycles. The molecule has 4 heteroatoms. The van der Waals surface area contributed by atoms with Crippen LogP contribution in [0.25, 0.3) is 0 Å². The monoisotopic (exact) mass is 251 g/mol. The molecule has 1 N–H and O–H groups in total. The topological polar surface area (TPSA) is 39.7 Å². The standard InChI is InChI=1S/C14H21NO3/c1-4-16-8-10(2)15-11(3)12-5-6-13-14(7-12)18-9-17-13/h5-7,10-11,15H,4,8-9H2,1-3H3. The Bertz CT molecular complexity index is 395. The summed E-state index contributed by atoms with van der Waals surface area (Å²) in [7, 11) is 0. The third kappa shape index (κ3) is 3.15. The fourth-order valence-electron chi connectivity index (χ4n) is 2.05. The van der Waals surface area contributed by atoms with Crippen LogP contribution in [0.3, 0.4) is 0 Å². The normalized spacial score (nSPS) is 16.6. The zero-order valence-corrected chi connectivity index (χ0v) is 11.2. The van der Waals surface area contributed by atoms with E-state index in [-0.39, 0.29) is 6.04 Å². The number of hydrogen-bond acceptors (Lipinski definition) is 4. The number of fused-ring (bicyclic) bond motifs is 1. The molecule has 1 aromatic carbocycles. The minimum Gasteiger partial charge on any atom is -0.454 e. The Hall–Kier alpha value is -1.26. The first-order chi connectivity index (χ1) is 8.70. The van der Waals surface area contributed by atoms with E-state index in [1.807, 2.05) is 19.1 Å². The summed E-state index contributed by atoms with van der Waals surface area (Å²) in [5.41, 5.74) is 1.20. The molecular weight excluding hydrogens is 230 g/mol. The van der Waals surface area contributed by atoms with Gasteiger partial charge in [0.1, 0.15) is 0 Å². The first-order valence-corrected chi connectivity index (χ1v) is 6.44. The van der Waals surface area contributed by atoms with Crippen LogP contribution in [-0.2, 0) is 4.74 Å². The van der Waals surface area contributed by atoms with Crippen molar-refractivity contribution in [2.75, 3.05) is 20.0 Å². The zero-order valence-electron chi connectivity index (χ0n) is 11.2. The van der Waals surface area contributed by atoms with Crippen LogP contribution in [0, 0.1) is 0 Å². The van der Waals surface area contributed by atoms with Gasteiger partial charge in [0, 0.05) is 18.7 Å². The number of hydrogen-bond donors (Lipinski definition) is 1. The van der Waals surface area contributed by atoms with Crippen molar-refractivity contribution in [1.29, 1.82) is 0 Å². The van der Waals surface area contributed by atoms with Gasteiger partial charge in [0.25, 0.3) is 0 Å². The van der Waals surface area contributed by atoms with E-state index in [1.54, 1.807) is 0 Å². The molecule has 2 rings (SSSR count). The smallest absolute Gasteiger partial charge is 0.231 e. The van der Waals surface area contributed by atoms with Crippen molar-refractivity contribution >= 4 is 0 Å². The number of nitrogens with one attached hydrogen (secondary N) is 1. The average molecular weight is 251 g/mol. The van der Waals surface area contributed by atoms with E-state index in [0.29, 0.717) is 12.8 Å². The molecule has 100 valence electrons. The Kier molecular flexibility index (Phi) is 4.44. The van der Waals surface area contributed by atoms with E-state index < -0.39 is 0 Å². The highest BCUT2D eigenvalue weighted by Gasteiger charge is 2.16. The molecule has 0 saturated heterocycles. The van der Waals surface area contributed by atoms with Gasteiger partial charge in [-0.3, -0.25) is 0 Å². The van der Waals surface area contributed by atoms with Crippen LogP contribution in [-0.4, -0.2) is 26.0 Å². The summed E-state index contributed by atoms with van der Waals surface area (Å²) in [6.45, 7) is 8.07. The summed E-state index contributed by atoms with van der Waals surface area (Å²) in [4.78, 5) is 0. The van der Waals surface area contributed by atoms with E-state index in [1.165, 1.54) is 5.56 Å². The predicted molar refractivity (Wildman–Crippen MR) is 70.1 cm³/mol. The molecule has 4 nitrogen and oxygen atoms in total. The molecule has 0 aliphatic carbocycles. The molecule has 1 aliphatic heterocycles. The molecule has 0 fully saturated rings. The highest BCUT2D eigenvalue weighted by molar-refractivity contribution is 5.45. The molecule has 0 spiro atoms. The Labute approximate surface area is 108 Å². The second kappa shape index (κ2) is 6.07. The maximum absolute atomic E-state index is 5.40. The van der Waals surface area contributed by atoms with Crippen LogP contribution in [0.15, 0.2) is 18.2 Å². The van der Waals surface area contributed by atoms with Gasteiger partial charge in [-0.05, 0) is 38.5 Å². The Morgan fingerprint density at radius 1 is 1.28 bits per heavy atom.